The Morgan fingerprint density at radius 2 is 2.13 bits per heavy atom. The second kappa shape index (κ2) is 3.38. The van der Waals surface area contributed by atoms with Gasteiger partial charge in [-0.1, -0.05) is 20.8 Å². The van der Waals surface area contributed by atoms with Crippen LogP contribution in [0.15, 0.2) is 0 Å². The summed E-state index contributed by atoms with van der Waals surface area (Å²) in [6.45, 7) is 7.01. The Kier molecular flexibility index (Phi) is 2.53. The van der Waals surface area contributed by atoms with Gasteiger partial charge in [0.25, 0.3) is 0 Å². The number of alkyl halides is 1. The van der Waals surface area contributed by atoms with Crippen molar-refractivity contribution in [3.63, 3.8) is 0 Å². The van der Waals surface area contributed by atoms with Crippen molar-refractivity contribution in [3.8, 4) is 0 Å². The first kappa shape index (κ1) is 11.3. The van der Waals surface area contributed by atoms with Crippen LogP contribution in [0, 0.1) is 16.7 Å². The van der Waals surface area contributed by atoms with Gasteiger partial charge in [-0.3, -0.25) is 4.79 Å². The van der Waals surface area contributed by atoms with Crippen LogP contribution in [0.1, 0.15) is 40.0 Å². The molecule has 1 N–H and O–H groups in total. The molecular weight excluding hydrogens is 210 g/mol. The van der Waals surface area contributed by atoms with Crippen molar-refractivity contribution in [1.29, 1.82) is 0 Å². The normalized spacial score (nSPS) is 41.9. The first-order valence-corrected chi connectivity index (χ1v) is 6.30. The smallest absolute Gasteiger partial charge is 0.235 e. The van der Waals surface area contributed by atoms with Crippen LogP contribution in [-0.2, 0) is 4.79 Å². The van der Waals surface area contributed by atoms with Crippen LogP contribution in [0.3, 0.4) is 0 Å². The lowest BCUT2D eigenvalue weighted by molar-refractivity contribution is -0.120. The third-order valence-electron chi connectivity index (χ3n) is 5.25. The van der Waals surface area contributed by atoms with Crippen LogP contribution >= 0.6 is 11.6 Å². The van der Waals surface area contributed by atoms with E-state index < -0.39 is 0 Å². The van der Waals surface area contributed by atoms with Crippen LogP contribution in [-0.4, -0.2) is 17.8 Å². The zero-order valence-corrected chi connectivity index (χ0v) is 10.5. The lowest BCUT2D eigenvalue weighted by Crippen LogP contribution is -2.47. The molecule has 3 heteroatoms. The Balaban J connectivity index is 2.15. The fourth-order valence-electron chi connectivity index (χ4n) is 3.65. The molecule has 2 aliphatic carbocycles. The predicted octanol–water partition coefficient (Wildman–Crippen LogP) is 2.56. The first-order valence-electron chi connectivity index (χ1n) is 5.77. The topological polar surface area (TPSA) is 29.1 Å². The maximum atomic E-state index is 11.4. The number of fused-ring (bicyclic) bond motifs is 2. The van der Waals surface area contributed by atoms with Gasteiger partial charge >= 0.3 is 0 Å². The van der Waals surface area contributed by atoms with Crippen molar-refractivity contribution < 1.29 is 4.79 Å². The average molecular weight is 230 g/mol. The number of nitrogens with one attached hydrogen (secondary N) is 1. The molecule has 2 nitrogen and oxygen atoms in total. The fourth-order valence-corrected chi connectivity index (χ4v) is 3.73. The fraction of sp³-hybridized carbons (Fsp3) is 0.917. The maximum Gasteiger partial charge on any atom is 0.235 e. The third kappa shape index (κ3) is 1.41. The largest absolute Gasteiger partial charge is 0.352 e. The Morgan fingerprint density at radius 3 is 2.53 bits per heavy atom. The van der Waals surface area contributed by atoms with Gasteiger partial charge < -0.3 is 5.32 Å². The molecule has 2 rings (SSSR count). The van der Waals surface area contributed by atoms with E-state index in [-0.39, 0.29) is 17.2 Å². The molecular formula is C12H20ClNO. The van der Waals surface area contributed by atoms with Crippen molar-refractivity contribution in [1.82, 2.24) is 5.32 Å². The summed E-state index contributed by atoms with van der Waals surface area (Å²) in [6, 6.07) is 0.331. The standard InChI is InChI=1S/C12H20ClNO/c1-11(2)8-4-5-12(11,3)9(6-8)14-10(15)7-13/h8-9H,4-7H2,1-3H3,(H,14,15)/t8-,9+,12-/m1/s1. The van der Waals surface area contributed by atoms with E-state index in [1.807, 2.05) is 0 Å². The monoisotopic (exact) mass is 229 g/mol. The molecule has 2 fully saturated rings. The predicted molar refractivity (Wildman–Crippen MR) is 61.9 cm³/mol. The quantitative estimate of drug-likeness (QED) is 0.725. The molecule has 0 saturated heterocycles. The number of halogens is 1. The van der Waals surface area contributed by atoms with Crippen molar-refractivity contribution in [2.75, 3.05) is 5.88 Å². The summed E-state index contributed by atoms with van der Waals surface area (Å²) in [7, 11) is 0. The van der Waals surface area contributed by atoms with Gasteiger partial charge in [0.1, 0.15) is 5.88 Å². The summed E-state index contributed by atoms with van der Waals surface area (Å²) in [4.78, 5) is 11.4. The third-order valence-corrected chi connectivity index (χ3v) is 5.49. The zero-order chi connectivity index (χ0) is 11.3. The lowest BCUT2D eigenvalue weighted by atomic mass is 9.69. The Bertz CT molecular complexity index is 289. The van der Waals surface area contributed by atoms with Gasteiger partial charge in [0.05, 0.1) is 0 Å². The molecule has 0 unspecified atom stereocenters. The highest BCUT2D eigenvalue weighted by Gasteiger charge is 2.61. The Labute approximate surface area is 96.8 Å². The molecule has 1 amide bonds. The van der Waals surface area contributed by atoms with E-state index in [9.17, 15) is 4.79 Å². The Morgan fingerprint density at radius 1 is 1.47 bits per heavy atom. The van der Waals surface area contributed by atoms with Crippen molar-refractivity contribution >= 4 is 17.5 Å². The second-order valence-corrected chi connectivity index (χ2v) is 6.13. The van der Waals surface area contributed by atoms with Crippen LogP contribution in [0.2, 0.25) is 0 Å². The molecule has 2 aliphatic rings. The van der Waals surface area contributed by atoms with Gasteiger partial charge in [-0.25, -0.2) is 0 Å². The van der Waals surface area contributed by atoms with Crippen LogP contribution in [0.4, 0.5) is 0 Å². The van der Waals surface area contributed by atoms with Gasteiger partial charge in [-0.2, -0.15) is 0 Å². The number of carbonyl (C=O) groups is 1. The van der Waals surface area contributed by atoms with Crippen LogP contribution in [0.25, 0.3) is 0 Å². The minimum absolute atomic E-state index is 0.0220. The van der Waals surface area contributed by atoms with Gasteiger partial charge in [0, 0.05) is 6.04 Å². The summed E-state index contributed by atoms with van der Waals surface area (Å²) in [6.07, 6.45) is 3.68. The van der Waals surface area contributed by atoms with E-state index in [0.29, 0.717) is 11.5 Å². The highest BCUT2D eigenvalue weighted by Crippen LogP contribution is 2.65. The first-order chi connectivity index (χ1) is 6.91. The molecule has 0 aromatic rings. The summed E-state index contributed by atoms with van der Waals surface area (Å²) in [5.41, 5.74) is 0.622. The molecule has 15 heavy (non-hydrogen) atoms. The molecule has 0 aromatic heterocycles. The number of hydrogen-bond acceptors (Lipinski definition) is 1. The molecule has 0 aromatic carbocycles. The van der Waals surface area contributed by atoms with Crippen molar-refractivity contribution in [2.45, 2.75) is 46.1 Å². The Hall–Kier alpha value is -0.240. The molecule has 0 spiro atoms. The summed E-state index contributed by atoms with van der Waals surface area (Å²) < 4.78 is 0. The van der Waals surface area contributed by atoms with Gasteiger partial charge in [-0.05, 0) is 36.0 Å². The molecule has 0 heterocycles. The molecule has 0 radical (unpaired) electrons. The maximum absolute atomic E-state index is 11.4. The molecule has 2 saturated carbocycles. The average Bonchev–Trinajstić information content (AvgIpc) is 2.50. The second-order valence-electron chi connectivity index (χ2n) is 5.86. The van der Waals surface area contributed by atoms with E-state index in [4.69, 9.17) is 11.6 Å². The minimum Gasteiger partial charge on any atom is -0.352 e. The van der Waals surface area contributed by atoms with E-state index in [1.54, 1.807) is 0 Å². The number of amides is 1. The summed E-state index contributed by atoms with van der Waals surface area (Å²) >= 11 is 5.54. The molecule has 0 aliphatic heterocycles. The highest BCUT2D eigenvalue weighted by molar-refractivity contribution is 6.27. The number of hydrogen-bond donors (Lipinski definition) is 1. The minimum atomic E-state index is -0.0220. The van der Waals surface area contributed by atoms with Gasteiger partial charge in [0.2, 0.25) is 5.91 Å². The van der Waals surface area contributed by atoms with Gasteiger partial charge in [-0.15, -0.1) is 11.6 Å². The summed E-state index contributed by atoms with van der Waals surface area (Å²) in [5, 5.41) is 3.09. The number of rotatable bonds is 2. The van der Waals surface area contributed by atoms with E-state index in [2.05, 4.69) is 26.1 Å². The highest BCUT2D eigenvalue weighted by atomic mass is 35.5. The van der Waals surface area contributed by atoms with Crippen LogP contribution < -0.4 is 5.32 Å². The molecule has 86 valence electrons. The number of carbonyl (C=O) groups excluding carboxylic acids is 1. The zero-order valence-electron chi connectivity index (χ0n) is 9.77. The molecule has 3 atom stereocenters. The molecule has 2 bridgehead atoms. The van der Waals surface area contributed by atoms with Crippen molar-refractivity contribution in [3.05, 3.63) is 0 Å². The van der Waals surface area contributed by atoms with Crippen LogP contribution in [0.5, 0.6) is 0 Å². The van der Waals surface area contributed by atoms with E-state index in [0.717, 1.165) is 12.3 Å². The van der Waals surface area contributed by atoms with E-state index in [1.165, 1.54) is 12.8 Å². The summed E-state index contributed by atoms with van der Waals surface area (Å²) in [5.74, 6) is 0.826. The van der Waals surface area contributed by atoms with Gasteiger partial charge in [0.15, 0.2) is 0 Å². The van der Waals surface area contributed by atoms with Crippen molar-refractivity contribution in [2.24, 2.45) is 16.7 Å². The SMILES string of the molecule is CC1(C)[C@@H]2CC[C@]1(C)[C@@H](NC(=O)CCl)C2. The van der Waals surface area contributed by atoms with E-state index >= 15 is 0 Å². The lowest BCUT2D eigenvalue weighted by Gasteiger charge is -2.39.